The second-order valence-electron chi connectivity index (χ2n) is 10.4. The highest BCUT2D eigenvalue weighted by Crippen LogP contribution is 2.31. The molecule has 216 valence electrons. The zero-order valence-corrected chi connectivity index (χ0v) is 23.3. The average Bonchev–Trinajstić information content (AvgIpc) is 3.57. The van der Waals surface area contributed by atoms with Gasteiger partial charge in [0.25, 0.3) is 0 Å². The molecule has 12 nitrogen and oxygen atoms in total. The number of aromatic nitrogens is 5. The van der Waals surface area contributed by atoms with Gasteiger partial charge in [-0.3, -0.25) is 9.89 Å². The summed E-state index contributed by atoms with van der Waals surface area (Å²) >= 11 is 0. The number of hydrogen-bond donors (Lipinski definition) is 4. The minimum atomic E-state index is -1.05. The molecule has 0 aliphatic carbocycles. The van der Waals surface area contributed by atoms with Crippen molar-refractivity contribution >= 4 is 34.3 Å². The number of ether oxygens (including phenoxy) is 1. The molecule has 6 rings (SSSR count). The lowest BCUT2D eigenvalue weighted by Gasteiger charge is -2.27. The van der Waals surface area contributed by atoms with Crippen LogP contribution < -0.4 is 10.1 Å². The zero-order chi connectivity index (χ0) is 29.2. The van der Waals surface area contributed by atoms with Gasteiger partial charge in [0.2, 0.25) is 0 Å². The van der Waals surface area contributed by atoms with E-state index in [9.17, 15) is 5.11 Å². The molecule has 5 aromatic rings. The molecule has 3 aromatic heterocycles. The minimum absolute atomic E-state index is 0.0111. The lowest BCUT2D eigenvalue weighted by atomic mass is 10.1. The van der Waals surface area contributed by atoms with Gasteiger partial charge in [0.05, 0.1) is 29.9 Å². The van der Waals surface area contributed by atoms with Gasteiger partial charge in [-0.15, -0.1) is 0 Å². The first-order chi connectivity index (χ1) is 20.3. The number of aliphatic hydroxyl groups excluding tert-OH is 2. The quantitative estimate of drug-likeness (QED) is 0.181. The van der Waals surface area contributed by atoms with E-state index < -0.39 is 11.7 Å². The topological polar surface area (TPSA) is 146 Å². The van der Waals surface area contributed by atoms with Crippen molar-refractivity contribution in [3.05, 3.63) is 84.1 Å². The van der Waals surface area contributed by atoms with Crippen LogP contribution in [-0.4, -0.2) is 76.3 Å². The first kappa shape index (κ1) is 27.1. The molecule has 1 aliphatic rings. The van der Waals surface area contributed by atoms with Crippen LogP contribution in [0, 0.1) is 6.92 Å². The monoisotopic (exact) mass is 568 g/mol. The Labute approximate surface area is 241 Å². The second kappa shape index (κ2) is 11.4. The fraction of sp³-hybridized carbons (Fsp3) is 0.267. The summed E-state index contributed by atoms with van der Waals surface area (Å²) in [6.45, 7) is 3.20. The minimum Gasteiger partial charge on any atom is -0.505 e. The molecule has 1 atom stereocenters. The summed E-state index contributed by atoms with van der Waals surface area (Å²) in [7, 11) is 1.97. The maximum atomic E-state index is 9.71. The van der Waals surface area contributed by atoms with Crippen LogP contribution in [0.1, 0.15) is 17.5 Å². The summed E-state index contributed by atoms with van der Waals surface area (Å²) in [6.07, 6.45) is 8.55. The van der Waals surface area contributed by atoms with Crippen LogP contribution in [0.5, 0.6) is 11.5 Å². The van der Waals surface area contributed by atoms with Crippen LogP contribution in [-0.2, 0) is 13.5 Å². The van der Waals surface area contributed by atoms with E-state index in [1.54, 1.807) is 12.5 Å². The predicted octanol–water partition coefficient (Wildman–Crippen LogP) is 4.99. The summed E-state index contributed by atoms with van der Waals surface area (Å²) in [5, 5.41) is 35.7. The fourth-order valence-corrected chi connectivity index (χ4v) is 5.23. The van der Waals surface area contributed by atoms with Gasteiger partial charge in [-0.05, 0) is 67.3 Å². The van der Waals surface area contributed by atoms with Crippen molar-refractivity contribution in [2.75, 3.05) is 25.0 Å². The molecule has 0 bridgehead atoms. The second-order valence-corrected chi connectivity index (χ2v) is 10.4. The number of imidazole rings is 1. The molecular weight excluding hydrogens is 536 g/mol. The number of aliphatic imine (C=N–C) groups is 1. The SMILES string of the molecule is Cc1cc(Nc2ncnn3ccc(CCC4CN(CC(O)=C(O)O)CC=N4)c23)ccc1Oc1ccc2c(c1)ncn2C. The summed E-state index contributed by atoms with van der Waals surface area (Å²) in [5.41, 5.74) is 5.75. The van der Waals surface area contributed by atoms with E-state index in [0.717, 1.165) is 57.7 Å². The van der Waals surface area contributed by atoms with E-state index in [-0.39, 0.29) is 12.6 Å². The van der Waals surface area contributed by atoms with E-state index in [4.69, 9.17) is 14.9 Å². The molecule has 2 aromatic carbocycles. The van der Waals surface area contributed by atoms with Crippen molar-refractivity contribution in [3.63, 3.8) is 0 Å². The maximum Gasteiger partial charge on any atom is 0.315 e. The lowest BCUT2D eigenvalue weighted by Crippen LogP contribution is -2.38. The molecule has 0 amide bonds. The average molecular weight is 569 g/mol. The van der Waals surface area contributed by atoms with E-state index in [0.29, 0.717) is 18.9 Å². The number of nitrogens with one attached hydrogen (secondary N) is 1. The molecule has 0 saturated heterocycles. The molecule has 4 heterocycles. The van der Waals surface area contributed by atoms with Crippen molar-refractivity contribution in [1.82, 2.24) is 29.0 Å². The largest absolute Gasteiger partial charge is 0.505 e. The molecule has 1 unspecified atom stereocenters. The van der Waals surface area contributed by atoms with Crippen molar-refractivity contribution in [2.45, 2.75) is 25.8 Å². The summed E-state index contributed by atoms with van der Waals surface area (Å²) in [4.78, 5) is 15.5. The summed E-state index contributed by atoms with van der Waals surface area (Å²) in [6, 6.07) is 13.9. The number of anilines is 2. The Hall–Kier alpha value is -5.10. The molecule has 4 N–H and O–H groups in total. The zero-order valence-electron chi connectivity index (χ0n) is 23.3. The van der Waals surface area contributed by atoms with Gasteiger partial charge >= 0.3 is 5.95 Å². The van der Waals surface area contributed by atoms with Crippen molar-refractivity contribution < 1.29 is 20.1 Å². The third kappa shape index (κ3) is 5.70. The molecular formula is C30H32N8O4. The van der Waals surface area contributed by atoms with Crippen LogP contribution >= 0.6 is 0 Å². The highest BCUT2D eigenvalue weighted by molar-refractivity contribution is 5.78. The Morgan fingerprint density at radius 3 is 2.81 bits per heavy atom. The predicted molar refractivity (Wildman–Crippen MR) is 160 cm³/mol. The Bertz CT molecular complexity index is 1800. The van der Waals surface area contributed by atoms with Crippen LogP contribution in [0.4, 0.5) is 11.5 Å². The number of aryl methyl sites for hydroxylation is 3. The van der Waals surface area contributed by atoms with E-state index in [1.807, 2.05) is 76.6 Å². The van der Waals surface area contributed by atoms with Crippen LogP contribution in [0.25, 0.3) is 16.6 Å². The smallest absolute Gasteiger partial charge is 0.315 e. The Kier molecular flexibility index (Phi) is 7.36. The highest BCUT2D eigenvalue weighted by Gasteiger charge is 2.20. The molecule has 0 fully saturated rings. The number of rotatable bonds is 9. The molecule has 0 radical (unpaired) electrons. The van der Waals surface area contributed by atoms with Gasteiger partial charge in [0.1, 0.15) is 23.3 Å². The van der Waals surface area contributed by atoms with Crippen molar-refractivity contribution in [3.8, 4) is 11.5 Å². The lowest BCUT2D eigenvalue weighted by molar-refractivity contribution is 0.142. The molecule has 42 heavy (non-hydrogen) atoms. The maximum absolute atomic E-state index is 9.71. The van der Waals surface area contributed by atoms with Gasteiger partial charge in [0.15, 0.2) is 11.6 Å². The standard InChI is InChI=1S/C30H32N8O4/c1-19-13-21(5-8-27(19)42-23-6-7-25-24(14-23)33-18-36(25)2)35-29-28-20(9-11-38(28)34-17-32-29)3-4-22-15-37(12-10-31-22)16-26(39)30(40)41/h5-11,13-14,17-18,22,39-41H,3-4,12,15-16H2,1-2H3,(H,32,34,35). The Morgan fingerprint density at radius 1 is 1.10 bits per heavy atom. The van der Waals surface area contributed by atoms with Gasteiger partial charge < -0.3 is 29.9 Å². The van der Waals surface area contributed by atoms with E-state index in [1.165, 1.54) is 6.33 Å². The number of aliphatic hydroxyl groups is 3. The van der Waals surface area contributed by atoms with Gasteiger partial charge in [0, 0.05) is 44.3 Å². The summed E-state index contributed by atoms with van der Waals surface area (Å²) in [5.74, 6) is 0.684. The van der Waals surface area contributed by atoms with E-state index in [2.05, 4.69) is 25.4 Å². The molecule has 0 spiro atoms. The van der Waals surface area contributed by atoms with E-state index >= 15 is 0 Å². The fourth-order valence-electron chi connectivity index (χ4n) is 5.23. The first-order valence-corrected chi connectivity index (χ1v) is 13.7. The third-order valence-electron chi connectivity index (χ3n) is 7.40. The third-order valence-corrected chi connectivity index (χ3v) is 7.40. The Balaban J connectivity index is 1.15. The van der Waals surface area contributed by atoms with Crippen LogP contribution in [0.15, 0.2) is 78.0 Å². The number of benzene rings is 2. The Morgan fingerprint density at radius 2 is 1.98 bits per heavy atom. The number of nitrogens with zero attached hydrogens (tertiary/aromatic N) is 7. The van der Waals surface area contributed by atoms with Gasteiger partial charge in [-0.25, -0.2) is 14.5 Å². The highest BCUT2D eigenvalue weighted by atomic mass is 16.5. The van der Waals surface area contributed by atoms with Crippen LogP contribution in [0.2, 0.25) is 0 Å². The molecule has 1 aliphatic heterocycles. The van der Waals surface area contributed by atoms with Gasteiger partial charge in [-0.2, -0.15) is 5.10 Å². The van der Waals surface area contributed by atoms with Crippen molar-refractivity contribution in [2.24, 2.45) is 12.0 Å². The first-order valence-electron chi connectivity index (χ1n) is 13.7. The molecule has 0 saturated carbocycles. The van der Waals surface area contributed by atoms with Crippen LogP contribution in [0.3, 0.4) is 0 Å². The van der Waals surface area contributed by atoms with Gasteiger partial charge in [-0.1, -0.05) is 0 Å². The normalized spacial score (nSPS) is 15.3. The number of fused-ring (bicyclic) bond motifs is 2. The number of hydrogen-bond acceptors (Lipinski definition) is 10. The molecule has 12 heteroatoms. The summed E-state index contributed by atoms with van der Waals surface area (Å²) < 4.78 is 9.96. The van der Waals surface area contributed by atoms with Crippen molar-refractivity contribution in [1.29, 1.82) is 0 Å².